The van der Waals surface area contributed by atoms with Gasteiger partial charge < -0.3 is 9.47 Å². The van der Waals surface area contributed by atoms with Gasteiger partial charge in [-0.3, -0.25) is 0 Å². The van der Waals surface area contributed by atoms with Crippen LogP contribution < -0.4 is 9.47 Å². The largest absolute Gasteiger partial charge is 0.491 e. The lowest BCUT2D eigenvalue weighted by Crippen LogP contribution is -2.15. The van der Waals surface area contributed by atoms with Crippen molar-refractivity contribution in [2.45, 2.75) is 233 Å². The van der Waals surface area contributed by atoms with Gasteiger partial charge in [-0.25, -0.2) is 0 Å². The number of ether oxygens (including phenoxy) is 2. The van der Waals surface area contributed by atoms with Crippen molar-refractivity contribution in [2.24, 2.45) is 11.8 Å². The van der Waals surface area contributed by atoms with Gasteiger partial charge in [0.25, 0.3) is 0 Å². The molecular weight excluding hydrogens is 697 g/mol. The zero-order valence-electron chi connectivity index (χ0n) is 36.0. The Kier molecular flexibility index (Phi) is 27.5. The first-order valence-electron chi connectivity index (χ1n) is 23.7. The number of fused-ring (bicyclic) bond motifs is 2. The quantitative estimate of drug-likeness (QED) is 0.0426. The second-order valence-electron chi connectivity index (χ2n) is 16.9. The molecule has 2 atom stereocenters. The minimum Gasteiger partial charge on any atom is -0.491 e. The summed E-state index contributed by atoms with van der Waals surface area (Å²) < 4.78 is 16.3. The van der Waals surface area contributed by atoms with Crippen LogP contribution in [0.1, 0.15) is 244 Å². The van der Waals surface area contributed by atoms with Gasteiger partial charge in [-0.05, 0) is 37.5 Å². The van der Waals surface area contributed by atoms with Crippen LogP contribution in [0, 0.1) is 20.9 Å². The van der Waals surface area contributed by atoms with E-state index >= 15 is 0 Å². The molecular formula is C50H84O2S2. The number of hydrogen-bond acceptors (Lipinski definition) is 2. The van der Waals surface area contributed by atoms with Crippen molar-refractivity contribution in [3.05, 3.63) is 20.1 Å². The lowest BCUT2D eigenvalue weighted by molar-refractivity contribution is 0.217. The van der Waals surface area contributed by atoms with Crippen LogP contribution in [0.2, 0.25) is 0 Å². The predicted molar refractivity (Wildman–Crippen MR) is 247 cm³/mol. The molecule has 4 heteroatoms. The Labute approximate surface area is 341 Å². The first-order chi connectivity index (χ1) is 26.7. The molecule has 1 aromatic rings. The molecule has 0 spiro atoms. The lowest BCUT2D eigenvalue weighted by Gasteiger charge is -2.21. The molecule has 0 bridgehead atoms. The molecule has 2 nitrogen and oxygen atoms in total. The normalized spacial score (nSPS) is 13.6. The average Bonchev–Trinajstić information content (AvgIpc) is 3.88. The molecule has 0 fully saturated rings. The van der Waals surface area contributed by atoms with Crippen molar-refractivity contribution in [3.8, 4) is 11.5 Å². The summed E-state index contributed by atoms with van der Waals surface area (Å²) in [6.07, 6.45) is 48.0. The predicted octanol–water partition coefficient (Wildman–Crippen LogP) is 17.1. The van der Waals surface area contributed by atoms with Crippen molar-refractivity contribution in [3.63, 3.8) is 0 Å². The topological polar surface area (TPSA) is 18.5 Å². The van der Waals surface area contributed by atoms with E-state index in [9.17, 15) is 0 Å². The highest BCUT2D eigenvalue weighted by Gasteiger charge is 2.22. The third-order valence-electron chi connectivity index (χ3n) is 11.9. The van der Waals surface area contributed by atoms with Crippen LogP contribution in [-0.2, 0) is 0 Å². The van der Waals surface area contributed by atoms with Crippen LogP contribution in [0.4, 0.5) is 0 Å². The van der Waals surface area contributed by atoms with Crippen LogP contribution in [0.15, 0.2) is 0 Å². The van der Waals surface area contributed by atoms with Crippen LogP contribution in [0.3, 0.4) is 0 Å². The van der Waals surface area contributed by atoms with E-state index in [0.717, 1.165) is 24.7 Å². The summed E-state index contributed by atoms with van der Waals surface area (Å²) in [6, 6.07) is 0. The summed E-state index contributed by atoms with van der Waals surface area (Å²) >= 11 is 0. The summed E-state index contributed by atoms with van der Waals surface area (Å²) in [6.45, 7) is 10.9. The molecule has 2 aliphatic rings. The molecule has 0 amide bonds. The van der Waals surface area contributed by atoms with Crippen molar-refractivity contribution in [2.75, 3.05) is 13.2 Å². The van der Waals surface area contributed by atoms with Gasteiger partial charge >= 0.3 is 0 Å². The number of benzene rings is 1. The fourth-order valence-electron chi connectivity index (χ4n) is 8.33. The maximum Gasteiger partial charge on any atom is 0.147 e. The van der Waals surface area contributed by atoms with E-state index in [4.69, 9.17) is 9.47 Å². The third kappa shape index (κ3) is 19.1. The highest BCUT2D eigenvalue weighted by atomic mass is 32.1. The molecule has 0 N–H and O–H groups in total. The van der Waals surface area contributed by atoms with Crippen LogP contribution >= 0.6 is 21.9 Å². The number of hydrogen-bond donors (Lipinski definition) is 0. The first-order valence-corrected chi connectivity index (χ1v) is 25.4. The molecule has 0 aromatic heterocycles. The van der Waals surface area contributed by atoms with E-state index in [2.05, 4.69) is 49.9 Å². The van der Waals surface area contributed by atoms with Gasteiger partial charge in [0.15, 0.2) is 0 Å². The summed E-state index contributed by atoms with van der Waals surface area (Å²) in [5, 5.41) is 6.97. The Bertz CT molecular complexity index is 1300. The van der Waals surface area contributed by atoms with Crippen LogP contribution in [0.25, 0.3) is 12.2 Å². The maximum atomic E-state index is 6.93. The van der Waals surface area contributed by atoms with Crippen molar-refractivity contribution >= 4 is 44.1 Å². The smallest absolute Gasteiger partial charge is 0.147 e. The van der Waals surface area contributed by atoms with Crippen LogP contribution in [-0.4, -0.2) is 23.3 Å². The van der Waals surface area contributed by atoms with E-state index in [-0.39, 0.29) is 0 Å². The molecule has 0 radical (unpaired) electrons. The molecule has 3 rings (SSSR count). The number of rotatable bonds is 38. The Morgan fingerprint density at radius 3 is 0.926 bits per heavy atom. The Balaban J connectivity index is 1.63. The Morgan fingerprint density at radius 2 is 0.648 bits per heavy atom. The van der Waals surface area contributed by atoms with E-state index < -0.39 is 0 Å². The van der Waals surface area contributed by atoms with Crippen molar-refractivity contribution < 1.29 is 9.47 Å². The molecule has 0 saturated carbocycles. The van der Waals surface area contributed by atoms with Gasteiger partial charge in [0, 0.05) is 23.3 Å². The third-order valence-corrected chi connectivity index (χ3v) is 13.6. The highest BCUT2D eigenvalue weighted by Crippen LogP contribution is 2.39. The van der Waals surface area contributed by atoms with Crippen LogP contribution in [0.5, 0.6) is 11.5 Å². The summed E-state index contributed by atoms with van der Waals surface area (Å²) in [5.74, 6) is 3.37. The molecule has 2 aliphatic heterocycles. The van der Waals surface area contributed by atoms with Gasteiger partial charge in [-0.15, -0.1) is 0 Å². The van der Waals surface area contributed by atoms with Gasteiger partial charge in [0.2, 0.25) is 0 Å². The minimum absolute atomic E-state index is 0.628. The highest BCUT2D eigenvalue weighted by molar-refractivity contribution is 7.90. The van der Waals surface area contributed by atoms with Gasteiger partial charge in [-0.2, -0.15) is 0 Å². The minimum atomic E-state index is 0.628. The molecule has 54 heavy (non-hydrogen) atoms. The molecule has 2 heterocycles. The molecule has 308 valence electrons. The Morgan fingerprint density at radius 1 is 0.389 bits per heavy atom. The molecule has 1 aromatic carbocycles. The zero-order valence-corrected chi connectivity index (χ0v) is 37.6. The molecule has 0 aliphatic carbocycles. The monoisotopic (exact) mass is 781 g/mol. The van der Waals surface area contributed by atoms with Crippen molar-refractivity contribution in [1.82, 2.24) is 0 Å². The molecule has 0 saturated heterocycles. The second kappa shape index (κ2) is 31.6. The van der Waals surface area contributed by atoms with E-state index in [1.165, 1.54) is 226 Å². The van der Waals surface area contributed by atoms with E-state index in [1.807, 2.05) is 0 Å². The first kappa shape index (κ1) is 46.9. The van der Waals surface area contributed by atoms with Gasteiger partial charge in [-0.1, -0.05) is 239 Å². The number of unbranched alkanes of at least 4 members (excludes halogenated alkanes) is 24. The van der Waals surface area contributed by atoms with E-state index in [1.54, 1.807) is 21.9 Å². The summed E-state index contributed by atoms with van der Waals surface area (Å²) in [5.41, 5.74) is 2.39. The second-order valence-corrected chi connectivity index (χ2v) is 18.6. The maximum absolute atomic E-state index is 6.93. The molecule has 2 unspecified atom stereocenters. The van der Waals surface area contributed by atoms with Crippen molar-refractivity contribution in [1.29, 1.82) is 0 Å². The fourth-order valence-corrected chi connectivity index (χ4v) is 9.96. The standard InChI is InChI=1S/C50H84O2S2/c1-5-9-13-17-21-23-27-31-35-43(33-29-25-19-15-11-7-3)41-51-47-45-37-39-54-50(45)48(46-38-40-53-49(46)47)52-42-44(34-30-26-20-16-12-8-4)36-32-28-24-22-18-14-10-6-2/h37-38,43-44H,5-36,41-42H2,1-4H3. The van der Waals surface area contributed by atoms with Gasteiger partial charge in [0.1, 0.15) is 11.5 Å². The fraction of sp³-hybridized carbons (Fsp3) is 0.800. The Hall–Kier alpha value is -1.44. The lowest BCUT2D eigenvalue weighted by atomic mass is 9.94. The van der Waals surface area contributed by atoms with Gasteiger partial charge in [0.05, 0.1) is 22.2 Å². The SMILES string of the molecule is CCCCCCCCCCC(CCCCCCCC)COc1c2c(c(OCC(CCCCCCCC)CCCCCCCCCC)c3c1=S=C=C3)=S=C=C2. The zero-order chi connectivity index (χ0) is 38.3. The summed E-state index contributed by atoms with van der Waals surface area (Å²) in [4.78, 5) is 0. The van der Waals surface area contributed by atoms with E-state index in [0.29, 0.717) is 11.8 Å². The average molecular weight is 781 g/mol. The summed E-state index contributed by atoms with van der Waals surface area (Å²) in [7, 11) is 3.41.